The van der Waals surface area contributed by atoms with Gasteiger partial charge in [-0.3, -0.25) is 4.79 Å². The van der Waals surface area contributed by atoms with E-state index in [9.17, 15) is 14.3 Å². The standard InChI is InChI=1S/C17H16FNO3/c18-12-6-7-15-13(9-12)17(21)14(10-22-15)19-16(20)8-11-4-2-1-3-5-11/h1-7,9,14,17,21H,8,10H2,(H,19,20). The molecule has 4 nitrogen and oxygen atoms in total. The Morgan fingerprint density at radius 1 is 1.27 bits per heavy atom. The number of amides is 1. The highest BCUT2D eigenvalue weighted by Crippen LogP contribution is 2.32. The molecule has 2 N–H and O–H groups in total. The van der Waals surface area contributed by atoms with Gasteiger partial charge < -0.3 is 15.2 Å². The molecule has 2 aromatic rings. The minimum Gasteiger partial charge on any atom is -0.491 e. The minimum atomic E-state index is -0.987. The van der Waals surface area contributed by atoms with Crippen molar-refractivity contribution in [2.75, 3.05) is 6.61 Å². The Bertz CT molecular complexity index is 675. The van der Waals surface area contributed by atoms with Gasteiger partial charge in [0.1, 0.15) is 24.3 Å². The molecule has 1 amide bonds. The Kier molecular flexibility index (Phi) is 4.06. The van der Waals surface area contributed by atoms with Gasteiger partial charge in [-0.2, -0.15) is 0 Å². The number of halogens is 1. The van der Waals surface area contributed by atoms with Crippen molar-refractivity contribution < 1.29 is 19.0 Å². The first-order valence-corrected chi connectivity index (χ1v) is 7.07. The summed E-state index contributed by atoms with van der Waals surface area (Å²) in [6.07, 6.45) is -0.765. The van der Waals surface area contributed by atoms with Crippen LogP contribution in [0.2, 0.25) is 0 Å². The summed E-state index contributed by atoms with van der Waals surface area (Å²) in [5.41, 5.74) is 1.24. The van der Waals surface area contributed by atoms with Crippen LogP contribution >= 0.6 is 0 Å². The molecule has 2 unspecified atom stereocenters. The second-order valence-electron chi connectivity index (χ2n) is 5.27. The van der Waals surface area contributed by atoms with E-state index in [1.165, 1.54) is 18.2 Å². The van der Waals surface area contributed by atoms with E-state index < -0.39 is 18.0 Å². The predicted octanol–water partition coefficient (Wildman–Crippen LogP) is 1.98. The lowest BCUT2D eigenvalue weighted by molar-refractivity contribution is -0.122. The largest absolute Gasteiger partial charge is 0.491 e. The van der Waals surface area contributed by atoms with Gasteiger partial charge in [-0.1, -0.05) is 30.3 Å². The molecule has 114 valence electrons. The second kappa shape index (κ2) is 6.15. The number of benzene rings is 2. The summed E-state index contributed by atoms with van der Waals surface area (Å²) < 4.78 is 18.8. The van der Waals surface area contributed by atoms with Crippen molar-refractivity contribution in [3.63, 3.8) is 0 Å². The smallest absolute Gasteiger partial charge is 0.224 e. The number of ether oxygens (including phenoxy) is 1. The molecule has 5 heteroatoms. The van der Waals surface area contributed by atoms with E-state index in [0.717, 1.165) is 5.56 Å². The molecule has 0 fully saturated rings. The number of aliphatic hydroxyl groups is 1. The molecule has 2 aromatic carbocycles. The Morgan fingerprint density at radius 2 is 2.05 bits per heavy atom. The highest BCUT2D eigenvalue weighted by atomic mass is 19.1. The van der Waals surface area contributed by atoms with E-state index in [-0.39, 0.29) is 18.9 Å². The fourth-order valence-electron chi connectivity index (χ4n) is 2.53. The zero-order chi connectivity index (χ0) is 15.5. The van der Waals surface area contributed by atoms with Crippen LogP contribution in [0.5, 0.6) is 5.75 Å². The molecule has 0 radical (unpaired) electrons. The van der Waals surface area contributed by atoms with Gasteiger partial charge in [-0.05, 0) is 23.8 Å². The molecule has 2 atom stereocenters. The monoisotopic (exact) mass is 301 g/mol. The zero-order valence-electron chi connectivity index (χ0n) is 11.8. The van der Waals surface area contributed by atoms with E-state index in [4.69, 9.17) is 4.74 Å². The summed E-state index contributed by atoms with van der Waals surface area (Å²) in [7, 11) is 0. The molecule has 3 rings (SSSR count). The molecule has 0 saturated heterocycles. The van der Waals surface area contributed by atoms with Crippen molar-refractivity contribution in [1.82, 2.24) is 5.32 Å². The van der Waals surface area contributed by atoms with Crippen molar-refractivity contribution in [3.05, 3.63) is 65.5 Å². The SMILES string of the molecule is O=C(Cc1ccccc1)NC1COc2ccc(F)cc2C1O. The average Bonchev–Trinajstić information content (AvgIpc) is 2.51. The van der Waals surface area contributed by atoms with Gasteiger partial charge in [0.05, 0.1) is 12.5 Å². The van der Waals surface area contributed by atoms with Crippen LogP contribution < -0.4 is 10.1 Å². The maximum atomic E-state index is 13.3. The van der Waals surface area contributed by atoms with E-state index in [1.54, 1.807) is 0 Å². The molecule has 0 spiro atoms. The fraction of sp³-hybridized carbons (Fsp3) is 0.235. The Labute approximate surface area is 127 Å². The predicted molar refractivity (Wildman–Crippen MR) is 78.9 cm³/mol. The molecule has 1 aliphatic rings. The quantitative estimate of drug-likeness (QED) is 0.911. The van der Waals surface area contributed by atoms with Crippen molar-refractivity contribution in [2.24, 2.45) is 0 Å². The van der Waals surface area contributed by atoms with Gasteiger partial charge in [-0.15, -0.1) is 0 Å². The maximum Gasteiger partial charge on any atom is 0.224 e. The number of hydrogen-bond donors (Lipinski definition) is 2. The summed E-state index contributed by atoms with van der Waals surface area (Å²) in [6.45, 7) is 0.153. The number of nitrogens with one attached hydrogen (secondary N) is 1. The third kappa shape index (κ3) is 3.09. The number of aliphatic hydroxyl groups excluding tert-OH is 1. The molecular formula is C17H16FNO3. The number of hydrogen-bond acceptors (Lipinski definition) is 3. The topological polar surface area (TPSA) is 58.6 Å². The minimum absolute atomic E-state index is 0.153. The summed E-state index contributed by atoms with van der Waals surface area (Å²) >= 11 is 0. The van der Waals surface area contributed by atoms with Crippen LogP contribution in [0.15, 0.2) is 48.5 Å². The molecule has 0 bridgehead atoms. The van der Waals surface area contributed by atoms with Crippen molar-refractivity contribution in [2.45, 2.75) is 18.6 Å². The van der Waals surface area contributed by atoms with Gasteiger partial charge in [0.2, 0.25) is 5.91 Å². The average molecular weight is 301 g/mol. The van der Waals surface area contributed by atoms with Crippen molar-refractivity contribution in [3.8, 4) is 5.75 Å². The molecule has 0 aromatic heterocycles. The second-order valence-corrected chi connectivity index (χ2v) is 5.27. The van der Waals surface area contributed by atoms with Gasteiger partial charge >= 0.3 is 0 Å². The Morgan fingerprint density at radius 3 is 2.82 bits per heavy atom. The molecular weight excluding hydrogens is 285 g/mol. The van der Waals surface area contributed by atoms with Crippen LogP contribution in [0.1, 0.15) is 17.2 Å². The third-order valence-electron chi connectivity index (χ3n) is 3.64. The summed E-state index contributed by atoms with van der Waals surface area (Å²) in [6, 6.07) is 12.7. The van der Waals surface area contributed by atoms with Crippen LogP contribution in [0.25, 0.3) is 0 Å². The summed E-state index contributed by atoms with van der Waals surface area (Å²) in [5.74, 6) is -0.209. The lowest BCUT2D eigenvalue weighted by Crippen LogP contribution is -2.46. The first-order chi connectivity index (χ1) is 10.6. The summed E-state index contributed by atoms with van der Waals surface area (Å²) in [5, 5.41) is 13.0. The molecule has 22 heavy (non-hydrogen) atoms. The van der Waals surface area contributed by atoms with E-state index in [2.05, 4.69) is 5.32 Å². The van der Waals surface area contributed by atoms with Crippen LogP contribution in [-0.2, 0) is 11.2 Å². The first-order valence-electron chi connectivity index (χ1n) is 7.07. The fourth-order valence-corrected chi connectivity index (χ4v) is 2.53. The first kappa shape index (κ1) is 14.5. The van der Waals surface area contributed by atoms with Gasteiger partial charge in [0.25, 0.3) is 0 Å². The maximum absolute atomic E-state index is 13.3. The number of fused-ring (bicyclic) bond motifs is 1. The van der Waals surface area contributed by atoms with Crippen LogP contribution in [0.4, 0.5) is 4.39 Å². The number of carbonyl (C=O) groups excluding carboxylic acids is 1. The van der Waals surface area contributed by atoms with Gasteiger partial charge in [0, 0.05) is 5.56 Å². The van der Waals surface area contributed by atoms with Crippen LogP contribution in [-0.4, -0.2) is 23.7 Å². The Balaban J connectivity index is 1.67. The molecule has 0 aliphatic carbocycles. The zero-order valence-corrected chi connectivity index (χ0v) is 11.8. The highest BCUT2D eigenvalue weighted by molar-refractivity contribution is 5.79. The molecule has 1 heterocycles. The molecule has 0 saturated carbocycles. The summed E-state index contributed by atoms with van der Waals surface area (Å²) in [4.78, 5) is 12.1. The highest BCUT2D eigenvalue weighted by Gasteiger charge is 2.30. The van der Waals surface area contributed by atoms with E-state index in [0.29, 0.717) is 11.3 Å². The van der Waals surface area contributed by atoms with Gasteiger partial charge in [0.15, 0.2) is 0 Å². The number of carbonyl (C=O) groups is 1. The van der Waals surface area contributed by atoms with Crippen LogP contribution in [0, 0.1) is 5.82 Å². The molecule has 1 aliphatic heterocycles. The van der Waals surface area contributed by atoms with E-state index >= 15 is 0 Å². The van der Waals surface area contributed by atoms with Gasteiger partial charge in [-0.25, -0.2) is 4.39 Å². The van der Waals surface area contributed by atoms with Crippen molar-refractivity contribution >= 4 is 5.91 Å². The number of rotatable bonds is 3. The van der Waals surface area contributed by atoms with E-state index in [1.807, 2.05) is 30.3 Å². The Hall–Kier alpha value is -2.40. The third-order valence-corrected chi connectivity index (χ3v) is 3.64. The van der Waals surface area contributed by atoms with Crippen molar-refractivity contribution in [1.29, 1.82) is 0 Å². The lowest BCUT2D eigenvalue weighted by Gasteiger charge is -2.30. The lowest BCUT2D eigenvalue weighted by atomic mass is 9.98. The van der Waals surface area contributed by atoms with Crippen LogP contribution in [0.3, 0.4) is 0 Å². The normalized spacial score (nSPS) is 19.9.